The largest absolute Gasteiger partial charge is 0.584 e. The Morgan fingerprint density at radius 2 is 0.789 bits per heavy atom. The SMILES string of the molecule is CC(C)(C)C.CC(C)(C)c1ccc(OP(=O)(O)Oc2ccc(C(C)(C)C)cc2C(C)(C)C)c(C(C)(C)C)c1. The summed E-state index contributed by atoms with van der Waals surface area (Å²) in [6, 6.07) is 11.6. The van der Waals surface area contributed by atoms with Crippen LogP contribution in [-0.2, 0) is 26.2 Å². The number of phosphoric acid groups is 1. The van der Waals surface area contributed by atoms with Crippen LogP contribution in [0.3, 0.4) is 0 Å². The minimum atomic E-state index is -4.44. The molecule has 0 bridgehead atoms. The molecule has 0 radical (unpaired) electrons. The first kappa shape index (κ1) is 34.3. The molecule has 0 saturated carbocycles. The van der Waals surface area contributed by atoms with E-state index in [9.17, 15) is 9.46 Å². The molecule has 38 heavy (non-hydrogen) atoms. The predicted octanol–water partition coefficient (Wildman–Crippen LogP) is 10.5. The zero-order chi connectivity index (χ0) is 30.1. The molecule has 2 rings (SSSR count). The van der Waals surface area contributed by atoms with E-state index in [1.54, 1.807) is 12.1 Å². The van der Waals surface area contributed by atoms with E-state index in [0.29, 0.717) is 16.9 Å². The van der Waals surface area contributed by atoms with Crippen molar-refractivity contribution in [1.82, 2.24) is 0 Å². The monoisotopic (exact) mass is 546 g/mol. The van der Waals surface area contributed by atoms with E-state index in [-0.39, 0.29) is 21.7 Å². The summed E-state index contributed by atoms with van der Waals surface area (Å²) in [6.07, 6.45) is 0. The molecule has 216 valence electrons. The average molecular weight is 547 g/mol. The lowest BCUT2D eigenvalue weighted by Crippen LogP contribution is -2.18. The van der Waals surface area contributed by atoms with Gasteiger partial charge in [-0.15, -0.1) is 0 Å². The van der Waals surface area contributed by atoms with E-state index in [4.69, 9.17) is 9.05 Å². The summed E-state index contributed by atoms with van der Waals surface area (Å²) in [5, 5.41) is 0. The molecule has 0 heterocycles. The highest BCUT2D eigenvalue weighted by Gasteiger charge is 2.33. The highest BCUT2D eigenvalue weighted by molar-refractivity contribution is 7.48. The van der Waals surface area contributed by atoms with Crippen LogP contribution in [0, 0.1) is 5.41 Å². The van der Waals surface area contributed by atoms with Crippen molar-refractivity contribution in [3.8, 4) is 11.5 Å². The van der Waals surface area contributed by atoms with Crippen LogP contribution in [0.1, 0.15) is 133 Å². The van der Waals surface area contributed by atoms with Crippen LogP contribution in [0.15, 0.2) is 36.4 Å². The topological polar surface area (TPSA) is 55.8 Å². The number of benzene rings is 2. The van der Waals surface area contributed by atoms with Crippen molar-refractivity contribution in [2.24, 2.45) is 5.41 Å². The summed E-state index contributed by atoms with van der Waals surface area (Å²) in [7, 11) is -4.44. The van der Waals surface area contributed by atoms with Gasteiger partial charge in [0.25, 0.3) is 0 Å². The van der Waals surface area contributed by atoms with Crippen molar-refractivity contribution in [1.29, 1.82) is 0 Å². The highest BCUT2D eigenvalue weighted by atomic mass is 31.2. The van der Waals surface area contributed by atoms with Crippen LogP contribution >= 0.6 is 7.82 Å². The summed E-state index contributed by atoms with van der Waals surface area (Å²) in [5.74, 6) is 0.731. The first-order chi connectivity index (χ1) is 16.6. The Hall–Kier alpha value is -1.77. The number of hydrogen-bond acceptors (Lipinski definition) is 3. The summed E-state index contributed by atoms with van der Waals surface area (Å²) in [5.41, 5.74) is 3.87. The van der Waals surface area contributed by atoms with Crippen molar-refractivity contribution < 1.29 is 18.5 Å². The summed E-state index contributed by atoms with van der Waals surface area (Å²) >= 11 is 0. The van der Waals surface area contributed by atoms with Gasteiger partial charge in [0.15, 0.2) is 0 Å². The molecular formula is C33H55O4P. The van der Waals surface area contributed by atoms with Crippen LogP contribution in [-0.4, -0.2) is 4.89 Å². The lowest BCUT2D eigenvalue weighted by molar-refractivity contribution is 0.286. The first-order valence-electron chi connectivity index (χ1n) is 13.6. The molecule has 0 amide bonds. The zero-order valence-corrected chi connectivity index (χ0v) is 28.0. The minimum absolute atomic E-state index is 0.0473. The van der Waals surface area contributed by atoms with Gasteiger partial charge in [-0.05, 0) is 50.3 Å². The van der Waals surface area contributed by atoms with E-state index >= 15 is 0 Å². The van der Waals surface area contributed by atoms with E-state index in [2.05, 4.69) is 123 Å². The molecule has 0 aliphatic carbocycles. The van der Waals surface area contributed by atoms with Gasteiger partial charge in [0, 0.05) is 11.1 Å². The Labute approximate surface area is 234 Å². The van der Waals surface area contributed by atoms with E-state index in [0.717, 1.165) is 22.3 Å². The van der Waals surface area contributed by atoms with Crippen molar-refractivity contribution in [3.05, 3.63) is 58.7 Å². The fraction of sp³-hybridized carbons (Fsp3) is 0.636. The van der Waals surface area contributed by atoms with Crippen LogP contribution in [0.5, 0.6) is 11.5 Å². The van der Waals surface area contributed by atoms with Crippen molar-refractivity contribution in [3.63, 3.8) is 0 Å². The normalized spacial score (nSPS) is 13.5. The minimum Gasteiger partial charge on any atom is -0.395 e. The summed E-state index contributed by atoms with van der Waals surface area (Å²) < 4.78 is 24.6. The molecule has 0 fully saturated rings. The van der Waals surface area contributed by atoms with Gasteiger partial charge in [-0.3, -0.25) is 4.89 Å². The molecular weight excluding hydrogens is 491 g/mol. The van der Waals surface area contributed by atoms with E-state index in [1.807, 2.05) is 12.1 Å². The third-order valence-corrected chi connectivity index (χ3v) is 6.59. The fourth-order valence-electron chi connectivity index (χ4n) is 3.59. The van der Waals surface area contributed by atoms with Gasteiger partial charge >= 0.3 is 7.82 Å². The molecule has 1 N–H and O–H groups in total. The van der Waals surface area contributed by atoms with Gasteiger partial charge in [0.1, 0.15) is 11.5 Å². The fourth-order valence-corrected chi connectivity index (χ4v) is 4.44. The maximum atomic E-state index is 13.2. The molecule has 0 aliphatic rings. The maximum absolute atomic E-state index is 13.2. The third-order valence-electron chi connectivity index (χ3n) is 5.73. The van der Waals surface area contributed by atoms with E-state index < -0.39 is 7.82 Å². The van der Waals surface area contributed by atoms with Crippen molar-refractivity contribution in [2.45, 2.75) is 132 Å². The first-order valence-corrected chi connectivity index (χ1v) is 15.1. The molecule has 0 aliphatic heterocycles. The molecule has 0 unspecified atom stereocenters. The standard InChI is InChI=1S/C28H43O4P.C5H12/c1-25(2,3)19-13-15-23(21(17-19)27(7,8)9)31-33(29,30)32-24-16-14-20(26(4,5)6)18-22(24)28(10,11)12;1-5(2,3)4/h13-18H,1-12H3,(H,29,30);1-4H3. The smallest absolute Gasteiger partial charge is 0.395 e. The molecule has 4 nitrogen and oxygen atoms in total. The molecule has 0 atom stereocenters. The lowest BCUT2D eigenvalue weighted by Gasteiger charge is -2.29. The summed E-state index contributed by atoms with van der Waals surface area (Å²) in [6.45, 7) is 34.0. The lowest BCUT2D eigenvalue weighted by atomic mass is 9.80. The number of phosphoric ester groups is 1. The predicted molar refractivity (Wildman–Crippen MR) is 164 cm³/mol. The molecule has 2 aromatic carbocycles. The van der Waals surface area contributed by atoms with E-state index in [1.165, 1.54) is 0 Å². The van der Waals surface area contributed by atoms with Gasteiger partial charge in [0.2, 0.25) is 0 Å². The number of hydrogen-bond donors (Lipinski definition) is 1. The molecule has 0 spiro atoms. The zero-order valence-electron chi connectivity index (χ0n) is 27.1. The average Bonchev–Trinajstić information content (AvgIpc) is 2.63. The Balaban J connectivity index is 0.00000132. The maximum Gasteiger partial charge on any atom is 0.584 e. The van der Waals surface area contributed by atoms with Gasteiger partial charge in [-0.2, -0.15) is 0 Å². The van der Waals surface area contributed by atoms with Gasteiger partial charge in [-0.1, -0.05) is 135 Å². The number of rotatable bonds is 4. The second kappa shape index (κ2) is 11.4. The molecule has 2 aromatic rings. The van der Waals surface area contributed by atoms with Crippen LogP contribution in [0.2, 0.25) is 0 Å². The van der Waals surface area contributed by atoms with Gasteiger partial charge < -0.3 is 9.05 Å². The van der Waals surface area contributed by atoms with Crippen LogP contribution < -0.4 is 9.05 Å². The quantitative estimate of drug-likeness (QED) is 0.388. The second-order valence-corrected chi connectivity index (χ2v) is 17.4. The van der Waals surface area contributed by atoms with Crippen LogP contribution in [0.25, 0.3) is 0 Å². The Morgan fingerprint density at radius 1 is 0.526 bits per heavy atom. The third kappa shape index (κ3) is 11.1. The van der Waals surface area contributed by atoms with Gasteiger partial charge in [0.05, 0.1) is 0 Å². The van der Waals surface area contributed by atoms with Crippen molar-refractivity contribution in [2.75, 3.05) is 0 Å². The Morgan fingerprint density at radius 3 is 1.00 bits per heavy atom. The Bertz CT molecular complexity index is 1040. The van der Waals surface area contributed by atoms with Crippen LogP contribution in [0.4, 0.5) is 0 Å². The van der Waals surface area contributed by atoms with Gasteiger partial charge in [-0.25, -0.2) is 4.57 Å². The highest BCUT2D eigenvalue weighted by Crippen LogP contribution is 2.50. The Kier molecular flexibility index (Phi) is 10.3. The molecule has 0 aromatic heterocycles. The summed E-state index contributed by atoms with van der Waals surface area (Å²) in [4.78, 5) is 10.8. The second-order valence-electron chi connectivity index (χ2n) is 16.1. The molecule has 5 heteroatoms. The molecule has 0 saturated heterocycles. The van der Waals surface area contributed by atoms with Crippen molar-refractivity contribution >= 4 is 7.82 Å².